The fourth-order valence-corrected chi connectivity index (χ4v) is 5.08. The fourth-order valence-electron chi connectivity index (χ4n) is 5.08. The third kappa shape index (κ3) is 4.02. The predicted octanol–water partition coefficient (Wildman–Crippen LogP) is 3.24. The van der Waals surface area contributed by atoms with Crippen LogP contribution >= 0.6 is 0 Å². The lowest BCUT2D eigenvalue weighted by Gasteiger charge is -2.40. The molecule has 0 saturated carbocycles. The van der Waals surface area contributed by atoms with Gasteiger partial charge < -0.3 is 18.8 Å². The van der Waals surface area contributed by atoms with Crippen molar-refractivity contribution in [3.8, 4) is 0 Å². The van der Waals surface area contributed by atoms with E-state index in [1.165, 1.54) is 11.6 Å². The first-order chi connectivity index (χ1) is 15.7. The van der Waals surface area contributed by atoms with Crippen molar-refractivity contribution < 1.29 is 18.7 Å². The summed E-state index contributed by atoms with van der Waals surface area (Å²) >= 11 is 0. The number of halogens is 1. The van der Waals surface area contributed by atoms with Crippen molar-refractivity contribution in [2.45, 2.75) is 24.7 Å². The highest BCUT2D eigenvalue weighted by atomic mass is 19.1. The van der Waals surface area contributed by atoms with Crippen LogP contribution in [0.25, 0.3) is 5.65 Å². The van der Waals surface area contributed by atoms with Crippen molar-refractivity contribution >= 4 is 11.6 Å². The first-order valence-corrected chi connectivity index (χ1v) is 11.3. The first kappa shape index (κ1) is 21.1. The second-order valence-corrected chi connectivity index (χ2v) is 8.80. The van der Waals surface area contributed by atoms with Crippen molar-refractivity contribution in [3.05, 3.63) is 71.9 Å². The zero-order valence-electron chi connectivity index (χ0n) is 18.1. The molecular formula is C25H28FN3O3. The molecule has 1 aromatic carbocycles. The predicted molar refractivity (Wildman–Crippen MR) is 118 cm³/mol. The second-order valence-electron chi connectivity index (χ2n) is 8.80. The lowest BCUT2D eigenvalue weighted by atomic mass is 9.72. The van der Waals surface area contributed by atoms with E-state index in [0.717, 1.165) is 12.1 Å². The van der Waals surface area contributed by atoms with E-state index in [9.17, 15) is 9.18 Å². The van der Waals surface area contributed by atoms with Crippen LogP contribution in [0.4, 0.5) is 4.39 Å². The third-order valence-electron chi connectivity index (χ3n) is 6.74. The van der Waals surface area contributed by atoms with Crippen LogP contribution in [0, 0.1) is 11.7 Å². The topological polar surface area (TPSA) is 56.1 Å². The lowest BCUT2D eigenvalue weighted by molar-refractivity contribution is -0.142. The molecule has 2 fully saturated rings. The highest BCUT2D eigenvalue weighted by Crippen LogP contribution is 2.38. The summed E-state index contributed by atoms with van der Waals surface area (Å²) in [5, 5.41) is 0. The number of rotatable bonds is 4. The summed E-state index contributed by atoms with van der Waals surface area (Å²) in [6, 6.07) is 10.8. The van der Waals surface area contributed by atoms with E-state index in [1.54, 1.807) is 18.3 Å². The number of pyridine rings is 1. The van der Waals surface area contributed by atoms with Crippen LogP contribution in [-0.4, -0.2) is 59.7 Å². The van der Waals surface area contributed by atoms with Gasteiger partial charge in [-0.15, -0.1) is 0 Å². The molecule has 0 spiro atoms. The molecule has 168 valence electrons. The van der Waals surface area contributed by atoms with E-state index in [-0.39, 0.29) is 17.6 Å². The van der Waals surface area contributed by atoms with Crippen LogP contribution in [0.15, 0.2) is 55.0 Å². The molecule has 0 aliphatic carbocycles. The zero-order valence-corrected chi connectivity index (χ0v) is 18.1. The average molecular weight is 438 g/mol. The highest BCUT2D eigenvalue weighted by Gasteiger charge is 2.46. The van der Waals surface area contributed by atoms with Crippen LogP contribution < -0.4 is 0 Å². The van der Waals surface area contributed by atoms with Gasteiger partial charge in [-0.05, 0) is 37.0 Å². The van der Waals surface area contributed by atoms with Gasteiger partial charge in [0.2, 0.25) is 5.91 Å². The minimum Gasteiger partial charge on any atom is -0.381 e. The molecule has 2 aromatic heterocycles. The summed E-state index contributed by atoms with van der Waals surface area (Å²) < 4.78 is 28.3. The smallest absolute Gasteiger partial charge is 0.233 e. The van der Waals surface area contributed by atoms with Gasteiger partial charge in [0, 0.05) is 56.4 Å². The second kappa shape index (κ2) is 9.00. The lowest BCUT2D eigenvalue weighted by Crippen LogP contribution is -2.51. The molecular weight excluding hydrogens is 409 g/mol. The van der Waals surface area contributed by atoms with Crippen LogP contribution in [0.5, 0.6) is 0 Å². The van der Waals surface area contributed by atoms with Crippen LogP contribution in [0.2, 0.25) is 0 Å². The Bertz CT molecular complexity index is 1090. The molecule has 4 heterocycles. The number of fused-ring (bicyclic) bond motifs is 1. The molecule has 2 aliphatic rings. The van der Waals surface area contributed by atoms with Gasteiger partial charge >= 0.3 is 0 Å². The van der Waals surface area contributed by atoms with Crippen molar-refractivity contribution in [2.24, 2.45) is 5.92 Å². The molecule has 1 atom stereocenters. The molecule has 0 radical (unpaired) electrons. The van der Waals surface area contributed by atoms with Gasteiger partial charge in [0.25, 0.3) is 0 Å². The molecule has 1 unspecified atom stereocenters. The van der Waals surface area contributed by atoms with Gasteiger partial charge in [-0.2, -0.15) is 0 Å². The standard InChI is InChI=1S/C25H28FN3O3/c26-22-4-2-1-3-21(22)25(7-12-31-13-8-25)24(30)29-11-14-32-18-20(17-29)15-19-5-6-23-27-9-10-28(23)16-19/h1-6,9-10,16,20H,7-8,11-15,17-18H2. The normalized spacial score (nSPS) is 21.4. The number of carbonyl (C=O) groups excluding carboxylic acids is 1. The number of benzene rings is 1. The summed E-state index contributed by atoms with van der Waals surface area (Å²) in [6.07, 6.45) is 7.58. The minimum absolute atomic E-state index is 0.00791. The van der Waals surface area contributed by atoms with Gasteiger partial charge in [-0.3, -0.25) is 4.79 Å². The number of nitrogens with zero attached hydrogens (tertiary/aromatic N) is 3. The SMILES string of the molecule is O=C(N1CCOCC(Cc2ccc3nccn3c2)C1)C1(c2ccccc2F)CCOCC1. The zero-order chi connectivity index (χ0) is 22.0. The summed E-state index contributed by atoms with van der Waals surface area (Å²) in [6.45, 7) is 3.12. The van der Waals surface area contributed by atoms with E-state index in [0.29, 0.717) is 57.9 Å². The molecule has 0 N–H and O–H groups in total. The van der Waals surface area contributed by atoms with Crippen molar-refractivity contribution in [1.29, 1.82) is 0 Å². The Morgan fingerprint density at radius 1 is 1.12 bits per heavy atom. The van der Waals surface area contributed by atoms with E-state index in [2.05, 4.69) is 17.2 Å². The molecule has 3 aromatic rings. The molecule has 2 saturated heterocycles. The molecule has 7 heteroatoms. The first-order valence-electron chi connectivity index (χ1n) is 11.3. The Balaban J connectivity index is 1.39. The van der Waals surface area contributed by atoms with Crippen molar-refractivity contribution in [1.82, 2.24) is 14.3 Å². The van der Waals surface area contributed by atoms with Gasteiger partial charge in [0.1, 0.15) is 11.5 Å². The van der Waals surface area contributed by atoms with E-state index >= 15 is 0 Å². The Morgan fingerprint density at radius 2 is 1.97 bits per heavy atom. The molecule has 1 amide bonds. The minimum atomic E-state index is -0.881. The third-order valence-corrected chi connectivity index (χ3v) is 6.74. The number of aromatic nitrogens is 2. The molecule has 32 heavy (non-hydrogen) atoms. The van der Waals surface area contributed by atoms with E-state index in [4.69, 9.17) is 9.47 Å². The molecule has 5 rings (SSSR count). The molecule has 6 nitrogen and oxygen atoms in total. The van der Waals surface area contributed by atoms with Crippen LogP contribution in [0.3, 0.4) is 0 Å². The average Bonchev–Trinajstić information content (AvgIpc) is 3.16. The quantitative estimate of drug-likeness (QED) is 0.629. The van der Waals surface area contributed by atoms with E-state index < -0.39 is 5.41 Å². The monoisotopic (exact) mass is 437 g/mol. The maximum atomic E-state index is 14.8. The highest BCUT2D eigenvalue weighted by molar-refractivity contribution is 5.88. The van der Waals surface area contributed by atoms with Crippen molar-refractivity contribution in [2.75, 3.05) is 39.5 Å². The fraction of sp³-hybridized carbons (Fsp3) is 0.440. The maximum absolute atomic E-state index is 14.8. The van der Waals surface area contributed by atoms with Gasteiger partial charge in [0.05, 0.1) is 18.6 Å². The van der Waals surface area contributed by atoms with Gasteiger partial charge in [-0.1, -0.05) is 24.3 Å². The van der Waals surface area contributed by atoms with Gasteiger partial charge in [0.15, 0.2) is 0 Å². The van der Waals surface area contributed by atoms with Crippen LogP contribution in [0.1, 0.15) is 24.0 Å². The number of carbonyl (C=O) groups is 1. The number of hydrogen-bond donors (Lipinski definition) is 0. The molecule has 2 aliphatic heterocycles. The Labute approximate surface area is 187 Å². The summed E-state index contributed by atoms with van der Waals surface area (Å²) in [5.41, 5.74) is 1.69. The summed E-state index contributed by atoms with van der Waals surface area (Å²) in [7, 11) is 0. The maximum Gasteiger partial charge on any atom is 0.233 e. The van der Waals surface area contributed by atoms with Crippen molar-refractivity contribution in [3.63, 3.8) is 0 Å². The number of ether oxygens (including phenoxy) is 2. The Hall–Kier alpha value is -2.77. The van der Waals surface area contributed by atoms with Gasteiger partial charge in [-0.25, -0.2) is 9.37 Å². The number of imidazole rings is 1. The Kier molecular flexibility index (Phi) is 5.93. The Morgan fingerprint density at radius 3 is 2.81 bits per heavy atom. The van der Waals surface area contributed by atoms with E-state index in [1.807, 2.05) is 27.6 Å². The largest absolute Gasteiger partial charge is 0.381 e. The summed E-state index contributed by atoms with van der Waals surface area (Å²) in [5.74, 6) is -0.162. The number of hydrogen-bond acceptors (Lipinski definition) is 4. The molecule has 0 bridgehead atoms. The number of amides is 1. The van der Waals surface area contributed by atoms with Crippen LogP contribution in [-0.2, 0) is 26.1 Å². The summed E-state index contributed by atoms with van der Waals surface area (Å²) in [4.78, 5) is 20.1.